The Labute approximate surface area is 127 Å². The van der Waals surface area contributed by atoms with E-state index in [1.165, 1.54) is 25.7 Å². The highest BCUT2D eigenvalue weighted by molar-refractivity contribution is 7.89. The van der Waals surface area contributed by atoms with Crippen molar-refractivity contribution in [2.24, 2.45) is 0 Å². The highest BCUT2D eigenvalue weighted by Crippen LogP contribution is 2.24. The van der Waals surface area contributed by atoms with Gasteiger partial charge in [0.25, 0.3) is 0 Å². The second kappa shape index (κ2) is 6.91. The number of ether oxygens (including phenoxy) is 1. The van der Waals surface area contributed by atoms with Crippen LogP contribution in [-0.2, 0) is 10.0 Å². The first-order valence-electron chi connectivity index (χ1n) is 6.47. The number of rotatable bonds is 7. The van der Waals surface area contributed by atoms with Gasteiger partial charge in [0.2, 0.25) is 10.0 Å². The van der Waals surface area contributed by atoms with Gasteiger partial charge in [-0.15, -0.1) is 0 Å². The molecule has 0 amide bonds. The number of nitrogens with one attached hydrogen (secondary N) is 1. The zero-order chi connectivity index (χ0) is 16.2. The maximum atomic E-state index is 13.3. The fourth-order valence-corrected chi connectivity index (χ4v) is 3.13. The van der Waals surface area contributed by atoms with Gasteiger partial charge in [-0.05, 0) is 30.7 Å². The van der Waals surface area contributed by atoms with Crippen molar-refractivity contribution in [3.8, 4) is 5.75 Å². The molecular weight excluding hydrogens is 313 g/mol. The van der Waals surface area contributed by atoms with Gasteiger partial charge in [0.05, 0.1) is 25.7 Å². The van der Waals surface area contributed by atoms with E-state index in [0.717, 1.165) is 12.1 Å². The van der Waals surface area contributed by atoms with Gasteiger partial charge in [-0.1, -0.05) is 0 Å². The van der Waals surface area contributed by atoms with Crippen LogP contribution in [0.1, 0.15) is 18.1 Å². The summed E-state index contributed by atoms with van der Waals surface area (Å²) in [5.74, 6) is -0.635. The lowest BCUT2D eigenvalue weighted by atomic mass is 10.1. The molecule has 1 aromatic carbocycles. The topological polar surface area (TPSA) is 88.8 Å². The van der Waals surface area contributed by atoms with Crippen LogP contribution >= 0.6 is 0 Å². The SMILES string of the molecule is COc1ccc(F)cc1S(=O)(=O)NCC[C@H](O)c1ccoc1. The van der Waals surface area contributed by atoms with Gasteiger partial charge in [0.1, 0.15) is 16.5 Å². The highest BCUT2D eigenvalue weighted by Gasteiger charge is 2.20. The Balaban J connectivity index is 2.04. The number of aliphatic hydroxyl groups excluding tert-OH is 1. The normalized spacial score (nSPS) is 13.0. The Morgan fingerprint density at radius 3 is 2.82 bits per heavy atom. The van der Waals surface area contributed by atoms with Gasteiger partial charge >= 0.3 is 0 Å². The second-order valence-electron chi connectivity index (χ2n) is 4.55. The molecule has 1 aromatic heterocycles. The molecule has 2 rings (SSSR count). The molecule has 1 heterocycles. The van der Waals surface area contributed by atoms with Crippen LogP contribution in [0, 0.1) is 5.82 Å². The third-order valence-electron chi connectivity index (χ3n) is 3.05. The van der Waals surface area contributed by atoms with Crippen molar-refractivity contribution in [2.75, 3.05) is 13.7 Å². The van der Waals surface area contributed by atoms with Crippen molar-refractivity contribution in [2.45, 2.75) is 17.4 Å². The predicted octanol–water partition coefficient (Wildman–Crippen LogP) is 1.83. The number of furan rings is 1. The number of benzene rings is 1. The molecule has 2 aromatic rings. The molecule has 120 valence electrons. The molecule has 0 unspecified atom stereocenters. The van der Waals surface area contributed by atoms with Crippen molar-refractivity contribution < 1.29 is 27.1 Å². The summed E-state index contributed by atoms with van der Waals surface area (Å²) in [6.45, 7) is -0.0195. The maximum absolute atomic E-state index is 13.3. The van der Waals surface area contributed by atoms with E-state index in [1.807, 2.05) is 0 Å². The van der Waals surface area contributed by atoms with Crippen LogP contribution in [0.5, 0.6) is 5.75 Å². The smallest absolute Gasteiger partial charge is 0.244 e. The third-order valence-corrected chi connectivity index (χ3v) is 4.54. The molecule has 0 aliphatic heterocycles. The summed E-state index contributed by atoms with van der Waals surface area (Å²) in [4.78, 5) is -0.284. The molecule has 0 aliphatic carbocycles. The Morgan fingerprint density at radius 2 is 2.18 bits per heavy atom. The van der Waals surface area contributed by atoms with Crippen LogP contribution in [0.15, 0.2) is 46.1 Å². The Bertz CT molecular complexity index is 715. The first-order valence-corrected chi connectivity index (χ1v) is 7.95. The molecule has 0 spiro atoms. The second-order valence-corrected chi connectivity index (χ2v) is 6.29. The number of hydrogen-bond acceptors (Lipinski definition) is 5. The molecule has 1 atom stereocenters. The van der Waals surface area contributed by atoms with Crippen LogP contribution in [-0.4, -0.2) is 27.2 Å². The molecule has 6 nitrogen and oxygen atoms in total. The van der Waals surface area contributed by atoms with Crippen LogP contribution < -0.4 is 9.46 Å². The zero-order valence-corrected chi connectivity index (χ0v) is 12.6. The molecule has 0 saturated heterocycles. The number of aliphatic hydroxyl groups is 1. The van der Waals surface area contributed by atoms with E-state index in [4.69, 9.17) is 9.15 Å². The van der Waals surface area contributed by atoms with Gasteiger partial charge in [-0.2, -0.15) is 0 Å². The molecule has 0 aliphatic rings. The first kappa shape index (κ1) is 16.5. The van der Waals surface area contributed by atoms with Crippen molar-refractivity contribution in [3.05, 3.63) is 48.2 Å². The zero-order valence-electron chi connectivity index (χ0n) is 11.8. The van der Waals surface area contributed by atoms with E-state index >= 15 is 0 Å². The van der Waals surface area contributed by atoms with E-state index < -0.39 is 21.9 Å². The minimum atomic E-state index is -3.94. The summed E-state index contributed by atoms with van der Waals surface area (Å²) in [5, 5.41) is 9.84. The van der Waals surface area contributed by atoms with E-state index in [2.05, 4.69) is 4.72 Å². The predicted molar refractivity (Wildman–Crippen MR) is 76.4 cm³/mol. The van der Waals surface area contributed by atoms with Gasteiger partial charge in [0.15, 0.2) is 0 Å². The Kier molecular flexibility index (Phi) is 5.17. The van der Waals surface area contributed by atoms with Gasteiger partial charge in [0, 0.05) is 12.1 Å². The maximum Gasteiger partial charge on any atom is 0.244 e. The molecule has 22 heavy (non-hydrogen) atoms. The molecule has 8 heteroatoms. The van der Waals surface area contributed by atoms with Crippen molar-refractivity contribution in [3.63, 3.8) is 0 Å². The largest absolute Gasteiger partial charge is 0.495 e. The van der Waals surface area contributed by atoms with Gasteiger partial charge in [-0.25, -0.2) is 17.5 Å². The summed E-state index contributed by atoms with van der Waals surface area (Å²) in [6.07, 6.45) is 2.10. The Hall–Kier alpha value is -1.90. The average Bonchev–Trinajstić information content (AvgIpc) is 3.01. The fourth-order valence-electron chi connectivity index (χ4n) is 1.90. The van der Waals surface area contributed by atoms with Crippen molar-refractivity contribution >= 4 is 10.0 Å². The van der Waals surface area contributed by atoms with E-state index in [-0.39, 0.29) is 23.6 Å². The van der Waals surface area contributed by atoms with Gasteiger partial charge in [-0.3, -0.25) is 0 Å². The number of methoxy groups -OCH3 is 1. The average molecular weight is 329 g/mol. The lowest BCUT2D eigenvalue weighted by Gasteiger charge is -2.12. The van der Waals surface area contributed by atoms with Crippen LogP contribution in [0.4, 0.5) is 4.39 Å². The van der Waals surface area contributed by atoms with E-state index in [9.17, 15) is 17.9 Å². The molecule has 0 fully saturated rings. The van der Waals surface area contributed by atoms with Crippen molar-refractivity contribution in [1.82, 2.24) is 4.72 Å². The van der Waals surface area contributed by atoms with Crippen LogP contribution in [0.25, 0.3) is 0 Å². The third kappa shape index (κ3) is 3.85. The highest BCUT2D eigenvalue weighted by atomic mass is 32.2. The summed E-state index contributed by atoms with van der Waals surface area (Å²) >= 11 is 0. The quantitative estimate of drug-likeness (QED) is 0.809. The fraction of sp³-hybridized carbons (Fsp3) is 0.286. The monoisotopic (exact) mass is 329 g/mol. The molecular formula is C14H16FNO5S. The summed E-state index contributed by atoms with van der Waals surface area (Å²) < 4.78 is 49.7. The number of halogens is 1. The first-order chi connectivity index (χ1) is 10.4. The number of hydrogen-bond donors (Lipinski definition) is 2. The lowest BCUT2D eigenvalue weighted by Crippen LogP contribution is -2.26. The van der Waals surface area contributed by atoms with E-state index in [1.54, 1.807) is 6.07 Å². The van der Waals surface area contributed by atoms with Crippen molar-refractivity contribution in [1.29, 1.82) is 0 Å². The minimum absolute atomic E-state index is 0.0195. The van der Waals surface area contributed by atoms with Gasteiger partial charge < -0.3 is 14.3 Å². The number of sulfonamides is 1. The molecule has 0 saturated carbocycles. The summed E-state index contributed by atoms with van der Waals surface area (Å²) in [5.41, 5.74) is 0.558. The summed E-state index contributed by atoms with van der Waals surface area (Å²) in [6, 6.07) is 4.83. The van der Waals surface area contributed by atoms with E-state index in [0.29, 0.717) is 5.56 Å². The van der Waals surface area contributed by atoms with Crippen LogP contribution in [0.2, 0.25) is 0 Å². The molecule has 2 N–H and O–H groups in total. The van der Waals surface area contributed by atoms with Crippen LogP contribution in [0.3, 0.4) is 0 Å². The lowest BCUT2D eigenvalue weighted by molar-refractivity contribution is 0.168. The Morgan fingerprint density at radius 1 is 1.41 bits per heavy atom. The minimum Gasteiger partial charge on any atom is -0.495 e. The molecule has 0 radical (unpaired) electrons. The standard InChI is InChI=1S/C14H16FNO5S/c1-20-13-3-2-11(15)8-14(13)22(18,19)16-6-4-12(17)10-5-7-21-9-10/h2-3,5,7-9,12,16-17H,4,6H2,1H3/t12-/m0/s1. The summed E-state index contributed by atoms with van der Waals surface area (Å²) in [7, 11) is -2.64. The molecule has 0 bridgehead atoms.